The molecule has 1 aromatic carbocycles. The topological polar surface area (TPSA) is 62.2 Å². The minimum absolute atomic E-state index is 0.229. The van der Waals surface area contributed by atoms with Crippen molar-refractivity contribution in [3.05, 3.63) is 57.3 Å². The quantitative estimate of drug-likeness (QED) is 0.893. The van der Waals surface area contributed by atoms with Gasteiger partial charge in [-0.15, -0.1) is 0 Å². The van der Waals surface area contributed by atoms with Gasteiger partial charge >= 0.3 is 5.97 Å². The van der Waals surface area contributed by atoms with Crippen molar-refractivity contribution in [2.75, 3.05) is 5.32 Å². The van der Waals surface area contributed by atoms with Crippen LogP contribution < -0.4 is 5.32 Å². The lowest BCUT2D eigenvalue weighted by Crippen LogP contribution is -2.10. The Morgan fingerprint density at radius 3 is 2.55 bits per heavy atom. The van der Waals surface area contributed by atoms with Gasteiger partial charge in [-0.25, -0.2) is 4.79 Å². The van der Waals surface area contributed by atoms with Crippen LogP contribution in [0.5, 0.6) is 0 Å². The third kappa shape index (κ3) is 3.36. The summed E-state index contributed by atoms with van der Waals surface area (Å²) < 4.78 is 1.02. The second kappa shape index (κ2) is 6.05. The number of hydrogen-bond donors (Lipinski definition) is 2. The number of carboxylic acids is 1. The number of rotatable bonds is 4. The highest BCUT2D eigenvalue weighted by atomic mass is 79.9. The van der Waals surface area contributed by atoms with Crippen LogP contribution in [0.25, 0.3) is 0 Å². The van der Waals surface area contributed by atoms with E-state index in [4.69, 9.17) is 0 Å². The number of nitrogens with one attached hydrogen (secondary N) is 1. The Hall–Kier alpha value is -1.88. The first kappa shape index (κ1) is 14.5. The van der Waals surface area contributed by atoms with Gasteiger partial charge in [0.1, 0.15) is 5.56 Å². The zero-order valence-corrected chi connectivity index (χ0v) is 12.9. The Kier molecular flexibility index (Phi) is 4.39. The lowest BCUT2D eigenvalue weighted by Gasteiger charge is -2.12. The first-order chi connectivity index (χ1) is 9.47. The largest absolute Gasteiger partial charge is 0.478 e. The van der Waals surface area contributed by atoms with Crippen molar-refractivity contribution in [3.8, 4) is 0 Å². The molecule has 4 nitrogen and oxygen atoms in total. The number of anilines is 1. The maximum atomic E-state index is 11.3. The van der Waals surface area contributed by atoms with E-state index in [1.54, 1.807) is 13.0 Å². The minimum atomic E-state index is -0.965. The highest BCUT2D eigenvalue weighted by molar-refractivity contribution is 9.10. The highest BCUT2D eigenvalue weighted by Crippen LogP contribution is 2.21. The molecule has 2 rings (SSSR count). The second-order valence-corrected chi connectivity index (χ2v) is 5.47. The third-order valence-corrected chi connectivity index (χ3v) is 3.47. The Morgan fingerprint density at radius 1 is 1.30 bits per heavy atom. The van der Waals surface area contributed by atoms with Gasteiger partial charge in [0.15, 0.2) is 0 Å². The number of halogens is 1. The van der Waals surface area contributed by atoms with Crippen molar-refractivity contribution in [1.29, 1.82) is 0 Å². The molecule has 2 N–H and O–H groups in total. The van der Waals surface area contributed by atoms with Gasteiger partial charge in [0.25, 0.3) is 0 Å². The van der Waals surface area contributed by atoms with Crippen molar-refractivity contribution >= 4 is 27.6 Å². The van der Waals surface area contributed by atoms with Crippen LogP contribution in [0.2, 0.25) is 0 Å². The van der Waals surface area contributed by atoms with E-state index in [1.807, 2.05) is 31.2 Å². The van der Waals surface area contributed by atoms with Crippen LogP contribution in [-0.2, 0) is 6.54 Å². The van der Waals surface area contributed by atoms with Gasteiger partial charge in [-0.05, 0) is 37.6 Å². The number of carbonyl (C=O) groups is 1. The van der Waals surface area contributed by atoms with Gasteiger partial charge in [0.05, 0.1) is 11.4 Å². The summed E-state index contributed by atoms with van der Waals surface area (Å²) in [5.41, 5.74) is 3.23. The molecule has 0 bridgehead atoms. The van der Waals surface area contributed by atoms with E-state index >= 15 is 0 Å². The van der Waals surface area contributed by atoms with Crippen LogP contribution in [0.1, 0.15) is 27.3 Å². The van der Waals surface area contributed by atoms with Crippen LogP contribution in [0, 0.1) is 13.8 Å². The molecular weight excluding hydrogens is 320 g/mol. The Morgan fingerprint density at radius 2 is 1.95 bits per heavy atom. The summed E-state index contributed by atoms with van der Waals surface area (Å²) in [6, 6.07) is 9.64. The van der Waals surface area contributed by atoms with Crippen molar-refractivity contribution < 1.29 is 9.90 Å². The molecule has 20 heavy (non-hydrogen) atoms. The average Bonchev–Trinajstić information content (AvgIpc) is 2.36. The van der Waals surface area contributed by atoms with Gasteiger partial charge in [-0.2, -0.15) is 0 Å². The highest BCUT2D eigenvalue weighted by Gasteiger charge is 2.15. The van der Waals surface area contributed by atoms with Gasteiger partial charge in [0, 0.05) is 16.7 Å². The molecule has 1 heterocycles. The maximum absolute atomic E-state index is 11.3. The van der Waals surface area contributed by atoms with E-state index in [2.05, 4.69) is 26.2 Å². The number of carboxylic acid groups (broad SMARTS) is 1. The van der Waals surface area contributed by atoms with Crippen LogP contribution in [0.3, 0.4) is 0 Å². The van der Waals surface area contributed by atoms with Crippen LogP contribution in [-0.4, -0.2) is 16.1 Å². The van der Waals surface area contributed by atoms with Gasteiger partial charge in [0.2, 0.25) is 0 Å². The lowest BCUT2D eigenvalue weighted by molar-refractivity contribution is 0.0696. The SMILES string of the molecule is Cc1cc(NCc2ccc(Br)cc2)c(C(=O)O)c(C)n1. The van der Waals surface area contributed by atoms with Crippen LogP contribution in [0.4, 0.5) is 5.69 Å². The Balaban J connectivity index is 2.24. The zero-order valence-electron chi connectivity index (χ0n) is 11.3. The van der Waals surface area contributed by atoms with Gasteiger partial charge in [-0.1, -0.05) is 28.1 Å². The third-order valence-electron chi connectivity index (χ3n) is 2.94. The zero-order chi connectivity index (χ0) is 14.7. The summed E-state index contributed by atoms with van der Waals surface area (Å²) in [4.78, 5) is 15.5. The lowest BCUT2D eigenvalue weighted by atomic mass is 10.1. The number of hydrogen-bond acceptors (Lipinski definition) is 3. The summed E-state index contributed by atoms with van der Waals surface area (Å²) >= 11 is 3.38. The van der Waals surface area contributed by atoms with Crippen LogP contribution >= 0.6 is 15.9 Å². The molecule has 0 saturated carbocycles. The van der Waals surface area contributed by atoms with Gasteiger partial charge in [-0.3, -0.25) is 4.98 Å². The van der Waals surface area contributed by atoms with E-state index in [-0.39, 0.29) is 5.56 Å². The molecule has 5 heteroatoms. The fraction of sp³-hybridized carbons (Fsp3) is 0.200. The molecule has 0 unspecified atom stereocenters. The van der Waals surface area contributed by atoms with Crippen molar-refractivity contribution in [2.24, 2.45) is 0 Å². The molecule has 0 spiro atoms. The van der Waals surface area contributed by atoms with E-state index in [0.717, 1.165) is 15.7 Å². The van der Waals surface area contributed by atoms with Crippen molar-refractivity contribution in [3.63, 3.8) is 0 Å². The monoisotopic (exact) mass is 334 g/mol. The van der Waals surface area contributed by atoms with Crippen molar-refractivity contribution in [2.45, 2.75) is 20.4 Å². The minimum Gasteiger partial charge on any atom is -0.478 e. The molecule has 0 amide bonds. The number of aromatic nitrogens is 1. The predicted molar refractivity (Wildman–Crippen MR) is 82.1 cm³/mol. The van der Waals surface area contributed by atoms with E-state index in [0.29, 0.717) is 17.9 Å². The fourth-order valence-electron chi connectivity index (χ4n) is 2.04. The number of aromatic carboxylic acids is 1. The number of aryl methyl sites for hydroxylation is 2. The summed E-state index contributed by atoms with van der Waals surface area (Å²) in [6.45, 7) is 4.13. The summed E-state index contributed by atoms with van der Waals surface area (Å²) in [6.07, 6.45) is 0. The average molecular weight is 335 g/mol. The van der Waals surface area contributed by atoms with E-state index in [1.165, 1.54) is 0 Å². The predicted octanol–water partition coefficient (Wildman–Crippen LogP) is 3.77. The molecule has 0 fully saturated rings. The molecule has 0 aliphatic carbocycles. The number of benzene rings is 1. The summed E-state index contributed by atoms with van der Waals surface area (Å²) in [7, 11) is 0. The second-order valence-electron chi connectivity index (χ2n) is 4.56. The molecule has 0 aliphatic rings. The molecule has 1 aromatic heterocycles. The smallest absolute Gasteiger partial charge is 0.339 e. The Bertz CT molecular complexity index is 639. The molecule has 0 saturated heterocycles. The standard InChI is InChI=1S/C15H15BrN2O2/c1-9-7-13(14(15(19)20)10(2)18-9)17-8-11-3-5-12(16)6-4-11/h3-7H,8H2,1-2H3,(H,17,18)(H,19,20). The molecule has 0 radical (unpaired) electrons. The first-order valence-electron chi connectivity index (χ1n) is 6.17. The molecule has 2 aromatic rings. The molecule has 104 valence electrons. The molecule has 0 aliphatic heterocycles. The Labute approximate surface area is 126 Å². The summed E-state index contributed by atoms with van der Waals surface area (Å²) in [5, 5.41) is 12.5. The number of pyridine rings is 1. The normalized spacial score (nSPS) is 10.3. The maximum Gasteiger partial charge on any atom is 0.339 e. The van der Waals surface area contributed by atoms with Crippen LogP contribution in [0.15, 0.2) is 34.8 Å². The fourth-order valence-corrected chi connectivity index (χ4v) is 2.30. The van der Waals surface area contributed by atoms with E-state index < -0.39 is 5.97 Å². The van der Waals surface area contributed by atoms with Gasteiger partial charge < -0.3 is 10.4 Å². The van der Waals surface area contributed by atoms with Crippen molar-refractivity contribution in [1.82, 2.24) is 4.98 Å². The number of nitrogens with zero attached hydrogens (tertiary/aromatic N) is 1. The molecular formula is C15H15BrN2O2. The summed E-state index contributed by atoms with van der Waals surface area (Å²) in [5.74, 6) is -0.965. The molecule has 0 atom stereocenters. The first-order valence-corrected chi connectivity index (χ1v) is 6.96. The van der Waals surface area contributed by atoms with E-state index in [9.17, 15) is 9.90 Å².